The number of hydrogen-bond acceptors (Lipinski definition) is 4. The zero-order chi connectivity index (χ0) is 14.0. The van der Waals surface area contributed by atoms with Gasteiger partial charge in [0.05, 0.1) is 0 Å². The first kappa shape index (κ1) is 13.9. The van der Waals surface area contributed by atoms with Crippen molar-refractivity contribution in [3.63, 3.8) is 0 Å². The Hall–Kier alpha value is -1.53. The van der Waals surface area contributed by atoms with Gasteiger partial charge in [0.2, 0.25) is 0 Å². The Morgan fingerprint density at radius 1 is 1.21 bits per heavy atom. The molecule has 0 radical (unpaired) electrons. The predicted molar refractivity (Wildman–Crippen MR) is 71.7 cm³/mol. The summed E-state index contributed by atoms with van der Waals surface area (Å²) in [4.78, 5) is 12.1. The topological polar surface area (TPSA) is 51.2 Å². The van der Waals surface area contributed by atoms with Gasteiger partial charge in [-0.05, 0) is 42.6 Å². The van der Waals surface area contributed by atoms with Crippen LogP contribution in [0.5, 0.6) is 0 Å². The molecule has 2 rings (SSSR count). The second-order valence-electron chi connectivity index (χ2n) is 3.99. The van der Waals surface area contributed by atoms with Gasteiger partial charge in [-0.25, -0.2) is 12.8 Å². The fourth-order valence-electron chi connectivity index (χ4n) is 1.59. The van der Waals surface area contributed by atoms with Crippen molar-refractivity contribution >= 4 is 27.0 Å². The molecule has 0 N–H and O–H groups in total. The molecule has 100 valence electrons. The Bertz CT molecular complexity index is 673. The molecule has 0 saturated heterocycles. The Balaban J connectivity index is 2.32. The van der Waals surface area contributed by atoms with Crippen LogP contribution in [-0.4, -0.2) is 19.5 Å². The first-order valence-electron chi connectivity index (χ1n) is 5.50. The number of thiophene rings is 1. The van der Waals surface area contributed by atoms with Gasteiger partial charge in [0, 0.05) is 5.56 Å². The lowest BCUT2D eigenvalue weighted by Gasteiger charge is -2.10. The minimum absolute atomic E-state index is 0.162. The Kier molecular flexibility index (Phi) is 3.82. The van der Waals surface area contributed by atoms with Gasteiger partial charge < -0.3 is 0 Å². The first-order chi connectivity index (χ1) is 8.93. The van der Waals surface area contributed by atoms with E-state index < -0.39 is 26.7 Å². The lowest BCUT2D eigenvalue weighted by Crippen LogP contribution is -2.27. The standard InChI is InChI=1S/C13H11FO3S2/c1-9(19(16,17)12-3-2-8-18-12)13(15)10-4-6-11(14)7-5-10/h2-9H,1H3. The molecule has 0 bridgehead atoms. The van der Waals surface area contributed by atoms with Gasteiger partial charge in [0.15, 0.2) is 15.6 Å². The fourth-order valence-corrected chi connectivity index (χ4v) is 4.21. The quantitative estimate of drug-likeness (QED) is 0.815. The third-order valence-electron chi connectivity index (χ3n) is 2.74. The van der Waals surface area contributed by atoms with Gasteiger partial charge in [-0.2, -0.15) is 0 Å². The number of halogens is 1. The Labute approximate surface area is 114 Å². The van der Waals surface area contributed by atoms with E-state index >= 15 is 0 Å². The van der Waals surface area contributed by atoms with Crippen molar-refractivity contribution < 1.29 is 17.6 Å². The SMILES string of the molecule is CC(C(=O)c1ccc(F)cc1)S(=O)(=O)c1cccs1. The molecule has 0 aliphatic heterocycles. The maximum atomic E-state index is 12.8. The minimum atomic E-state index is -3.68. The smallest absolute Gasteiger partial charge is 0.197 e. The molecule has 0 spiro atoms. The molecule has 0 saturated carbocycles. The molecular formula is C13H11FO3S2. The highest BCUT2D eigenvalue weighted by Crippen LogP contribution is 2.23. The number of hydrogen-bond donors (Lipinski definition) is 0. The monoisotopic (exact) mass is 298 g/mol. The molecule has 0 amide bonds. The fraction of sp³-hybridized carbons (Fsp3) is 0.154. The largest absolute Gasteiger partial charge is 0.293 e. The van der Waals surface area contributed by atoms with E-state index in [4.69, 9.17) is 0 Å². The van der Waals surface area contributed by atoms with E-state index in [2.05, 4.69) is 0 Å². The van der Waals surface area contributed by atoms with E-state index in [-0.39, 0.29) is 9.77 Å². The van der Waals surface area contributed by atoms with Crippen LogP contribution in [0.25, 0.3) is 0 Å². The van der Waals surface area contributed by atoms with E-state index in [1.807, 2.05) is 0 Å². The van der Waals surface area contributed by atoms with Crippen LogP contribution in [0.2, 0.25) is 0 Å². The summed E-state index contributed by atoms with van der Waals surface area (Å²) in [5, 5.41) is 0.457. The molecule has 2 aromatic rings. The summed E-state index contributed by atoms with van der Waals surface area (Å²) >= 11 is 1.07. The van der Waals surface area contributed by atoms with Gasteiger partial charge in [-0.1, -0.05) is 6.07 Å². The first-order valence-corrected chi connectivity index (χ1v) is 7.92. The molecule has 0 aliphatic carbocycles. The van der Waals surface area contributed by atoms with Gasteiger partial charge in [0.1, 0.15) is 15.3 Å². The molecule has 1 atom stereocenters. The van der Waals surface area contributed by atoms with Crippen molar-refractivity contribution in [1.82, 2.24) is 0 Å². The second-order valence-corrected chi connectivity index (χ2v) is 7.43. The Morgan fingerprint density at radius 2 is 1.84 bits per heavy atom. The Morgan fingerprint density at radius 3 is 2.37 bits per heavy atom. The summed E-state index contributed by atoms with van der Waals surface area (Å²) in [5.41, 5.74) is 0.189. The predicted octanol–water partition coefficient (Wildman–Crippen LogP) is 2.93. The summed E-state index contributed by atoms with van der Waals surface area (Å²) in [6.45, 7) is 1.35. The van der Waals surface area contributed by atoms with Crippen LogP contribution in [0, 0.1) is 5.82 Å². The van der Waals surface area contributed by atoms with Crippen molar-refractivity contribution in [3.05, 3.63) is 53.2 Å². The number of carbonyl (C=O) groups is 1. The van der Waals surface area contributed by atoms with Crippen LogP contribution >= 0.6 is 11.3 Å². The molecular weight excluding hydrogens is 287 g/mol. The minimum Gasteiger partial charge on any atom is -0.293 e. The molecule has 1 aromatic heterocycles. The van der Waals surface area contributed by atoms with E-state index in [0.29, 0.717) is 0 Å². The third-order valence-corrected chi connectivity index (χ3v) is 6.23. The molecule has 1 heterocycles. The highest BCUT2D eigenvalue weighted by atomic mass is 32.2. The molecule has 0 aliphatic rings. The number of ketones is 1. The number of benzene rings is 1. The average molecular weight is 298 g/mol. The maximum absolute atomic E-state index is 12.8. The van der Waals surface area contributed by atoms with Crippen molar-refractivity contribution in [2.24, 2.45) is 0 Å². The zero-order valence-electron chi connectivity index (χ0n) is 10.0. The summed E-state index contributed by atoms with van der Waals surface area (Å²) in [5.74, 6) is -1.00. The van der Waals surface area contributed by atoms with E-state index in [1.54, 1.807) is 11.4 Å². The van der Waals surface area contributed by atoms with Crippen LogP contribution < -0.4 is 0 Å². The van der Waals surface area contributed by atoms with Crippen LogP contribution in [0.3, 0.4) is 0 Å². The molecule has 6 heteroatoms. The van der Waals surface area contributed by atoms with Crippen LogP contribution in [0.15, 0.2) is 46.0 Å². The van der Waals surface area contributed by atoms with Crippen molar-refractivity contribution in [1.29, 1.82) is 0 Å². The van der Waals surface area contributed by atoms with Gasteiger partial charge >= 0.3 is 0 Å². The zero-order valence-corrected chi connectivity index (χ0v) is 11.7. The summed E-state index contributed by atoms with van der Waals surface area (Å²) in [7, 11) is -3.68. The van der Waals surface area contributed by atoms with Crippen molar-refractivity contribution in [2.45, 2.75) is 16.4 Å². The summed E-state index contributed by atoms with van der Waals surface area (Å²) < 4.78 is 37.3. The molecule has 19 heavy (non-hydrogen) atoms. The number of Topliss-reactive ketones (excluding diaryl/α,β-unsaturated/α-hetero) is 1. The number of sulfone groups is 1. The maximum Gasteiger partial charge on any atom is 0.197 e. The van der Waals surface area contributed by atoms with Crippen LogP contribution in [0.1, 0.15) is 17.3 Å². The van der Waals surface area contributed by atoms with Gasteiger partial charge in [-0.3, -0.25) is 4.79 Å². The lowest BCUT2D eigenvalue weighted by molar-refractivity contribution is 0.0991. The number of carbonyl (C=O) groups excluding carboxylic acids is 1. The van der Waals surface area contributed by atoms with Gasteiger partial charge in [0.25, 0.3) is 0 Å². The van der Waals surface area contributed by atoms with Crippen molar-refractivity contribution in [3.8, 4) is 0 Å². The molecule has 1 aromatic carbocycles. The average Bonchev–Trinajstić information content (AvgIpc) is 2.92. The normalized spacial score (nSPS) is 13.2. The van der Waals surface area contributed by atoms with E-state index in [9.17, 15) is 17.6 Å². The lowest BCUT2D eigenvalue weighted by atomic mass is 10.1. The summed E-state index contributed by atoms with van der Waals surface area (Å²) in [6, 6.07) is 7.94. The molecule has 1 unspecified atom stereocenters. The summed E-state index contributed by atoms with van der Waals surface area (Å²) in [6.07, 6.45) is 0. The second kappa shape index (κ2) is 5.22. The van der Waals surface area contributed by atoms with Crippen LogP contribution in [-0.2, 0) is 9.84 Å². The van der Waals surface area contributed by atoms with E-state index in [0.717, 1.165) is 23.5 Å². The molecule has 0 fully saturated rings. The third kappa shape index (κ3) is 2.74. The van der Waals surface area contributed by atoms with Crippen molar-refractivity contribution in [2.75, 3.05) is 0 Å². The van der Waals surface area contributed by atoms with Gasteiger partial charge in [-0.15, -0.1) is 11.3 Å². The van der Waals surface area contributed by atoms with E-state index in [1.165, 1.54) is 25.1 Å². The number of rotatable bonds is 4. The highest BCUT2D eigenvalue weighted by molar-refractivity contribution is 7.94. The highest BCUT2D eigenvalue weighted by Gasteiger charge is 2.31. The van der Waals surface area contributed by atoms with Crippen LogP contribution in [0.4, 0.5) is 4.39 Å². The molecule has 3 nitrogen and oxygen atoms in total.